The molecule has 1 amide bonds. The van der Waals surface area contributed by atoms with Gasteiger partial charge in [-0.2, -0.15) is 4.39 Å². The second-order valence-corrected chi connectivity index (χ2v) is 5.63. The van der Waals surface area contributed by atoms with Crippen LogP contribution in [0.1, 0.15) is 10.4 Å². The van der Waals surface area contributed by atoms with Crippen LogP contribution >= 0.6 is 11.8 Å². The molecule has 0 unspecified atom stereocenters. The number of aromatic nitrogens is 1. The Hall–Kier alpha value is -2.39. The van der Waals surface area contributed by atoms with Gasteiger partial charge >= 0.3 is 0 Å². The zero-order chi connectivity index (χ0) is 17.9. The number of hydroxylamine groups is 1. The van der Waals surface area contributed by atoms with Gasteiger partial charge in [-0.05, 0) is 24.5 Å². The van der Waals surface area contributed by atoms with Crippen molar-refractivity contribution in [2.75, 3.05) is 18.7 Å². The van der Waals surface area contributed by atoms with E-state index in [1.807, 2.05) is 5.48 Å². The van der Waals surface area contributed by atoms with Crippen LogP contribution in [0.3, 0.4) is 0 Å². The molecule has 9 heteroatoms. The van der Waals surface area contributed by atoms with Gasteiger partial charge in [0, 0.05) is 18.1 Å². The summed E-state index contributed by atoms with van der Waals surface area (Å²) in [7, 11) is 2.51. The quantitative estimate of drug-likeness (QED) is 0.637. The van der Waals surface area contributed by atoms with Crippen LogP contribution in [0, 0.1) is 11.6 Å². The molecule has 6 nitrogen and oxygen atoms in total. The van der Waals surface area contributed by atoms with Gasteiger partial charge in [-0.3, -0.25) is 14.4 Å². The van der Waals surface area contributed by atoms with Crippen molar-refractivity contribution in [3.05, 3.63) is 51.9 Å². The molecule has 0 aliphatic carbocycles. The summed E-state index contributed by atoms with van der Waals surface area (Å²) < 4.78 is 29.4. The lowest BCUT2D eigenvalue weighted by Crippen LogP contribution is -2.29. The second-order valence-electron chi connectivity index (χ2n) is 4.75. The van der Waals surface area contributed by atoms with Gasteiger partial charge in [0.1, 0.15) is 5.82 Å². The maximum absolute atomic E-state index is 14.3. The number of halogens is 2. The van der Waals surface area contributed by atoms with Crippen LogP contribution in [0.25, 0.3) is 0 Å². The first-order valence-electron chi connectivity index (χ1n) is 6.72. The molecule has 2 rings (SSSR count). The number of hydrogen-bond acceptors (Lipinski definition) is 5. The molecule has 24 heavy (non-hydrogen) atoms. The Morgan fingerprint density at radius 2 is 2.04 bits per heavy atom. The number of pyridine rings is 1. The third-order valence-electron chi connectivity index (χ3n) is 3.19. The number of carbonyl (C=O) groups is 1. The largest absolute Gasteiger partial charge is 0.350 e. The number of anilines is 2. The lowest BCUT2D eigenvalue weighted by atomic mass is 10.2. The molecule has 2 N–H and O–H groups in total. The number of nitrogens with zero attached hydrogens (tertiary/aromatic N) is 1. The van der Waals surface area contributed by atoms with Crippen molar-refractivity contribution in [3.63, 3.8) is 0 Å². The summed E-state index contributed by atoms with van der Waals surface area (Å²) in [5.74, 6) is -2.62. The number of nitrogens with one attached hydrogen (secondary N) is 2. The van der Waals surface area contributed by atoms with Crippen molar-refractivity contribution in [2.24, 2.45) is 7.05 Å². The summed E-state index contributed by atoms with van der Waals surface area (Å²) in [6.07, 6.45) is 2.92. The number of carbonyl (C=O) groups excluding carboxylic acids is 1. The molecule has 0 radical (unpaired) electrons. The highest BCUT2D eigenvalue weighted by Crippen LogP contribution is 2.27. The van der Waals surface area contributed by atoms with Crippen molar-refractivity contribution < 1.29 is 18.4 Å². The van der Waals surface area contributed by atoms with E-state index < -0.39 is 28.8 Å². The van der Waals surface area contributed by atoms with Gasteiger partial charge in [-0.15, -0.1) is 11.8 Å². The molecule has 1 aromatic heterocycles. The fourth-order valence-electron chi connectivity index (χ4n) is 2.00. The lowest BCUT2D eigenvalue weighted by Gasteiger charge is -2.14. The van der Waals surface area contributed by atoms with E-state index in [2.05, 4.69) is 10.2 Å². The van der Waals surface area contributed by atoms with Crippen LogP contribution in [0.2, 0.25) is 0 Å². The van der Waals surface area contributed by atoms with Crippen molar-refractivity contribution in [1.82, 2.24) is 10.0 Å². The minimum Gasteiger partial charge on any atom is -0.350 e. The summed E-state index contributed by atoms with van der Waals surface area (Å²) >= 11 is 1.34. The van der Waals surface area contributed by atoms with Crippen LogP contribution in [-0.2, 0) is 11.9 Å². The van der Waals surface area contributed by atoms with Gasteiger partial charge < -0.3 is 9.88 Å². The Bertz CT molecular complexity index is 839. The number of aryl methyl sites for hydroxylation is 1. The van der Waals surface area contributed by atoms with E-state index in [9.17, 15) is 18.4 Å². The molecule has 1 aromatic carbocycles. The van der Waals surface area contributed by atoms with E-state index in [1.54, 1.807) is 12.3 Å². The predicted molar refractivity (Wildman–Crippen MR) is 87.6 cm³/mol. The molecular weight excluding hydrogens is 340 g/mol. The maximum Gasteiger partial charge on any atom is 0.288 e. The molecule has 0 saturated carbocycles. The Kier molecular flexibility index (Phi) is 5.58. The third-order valence-corrected chi connectivity index (χ3v) is 3.92. The Labute approximate surface area is 140 Å². The molecular formula is C15H15F2N3O3S. The summed E-state index contributed by atoms with van der Waals surface area (Å²) in [5, 5.41) is 2.48. The molecule has 0 spiro atoms. The molecule has 0 fully saturated rings. The Balaban J connectivity index is 2.54. The first-order chi connectivity index (χ1) is 11.4. The highest BCUT2D eigenvalue weighted by Gasteiger charge is 2.21. The Morgan fingerprint density at radius 3 is 2.62 bits per heavy atom. The van der Waals surface area contributed by atoms with Crippen LogP contribution < -0.4 is 16.4 Å². The van der Waals surface area contributed by atoms with E-state index in [0.717, 1.165) is 10.8 Å². The number of hydrogen-bond donors (Lipinski definition) is 2. The summed E-state index contributed by atoms with van der Waals surface area (Å²) in [4.78, 5) is 29.0. The number of benzene rings is 1. The maximum atomic E-state index is 14.3. The normalized spacial score (nSPS) is 10.5. The molecule has 0 saturated heterocycles. The molecule has 0 bridgehead atoms. The lowest BCUT2D eigenvalue weighted by molar-refractivity contribution is 0.0537. The standard InChI is InChI=1S/C15H15F2N3O3S/c1-20-7-9(14(21)19-23-2)13(12(17)15(20)22)18-11-5-4-8(24-3)6-10(11)16/h4-7,18H,1-3H3,(H,19,21). The Morgan fingerprint density at radius 1 is 1.33 bits per heavy atom. The van der Waals surface area contributed by atoms with Crippen LogP contribution in [0.15, 0.2) is 34.1 Å². The van der Waals surface area contributed by atoms with Crippen molar-refractivity contribution in [3.8, 4) is 0 Å². The van der Waals surface area contributed by atoms with Crippen molar-refractivity contribution in [1.29, 1.82) is 0 Å². The first kappa shape index (κ1) is 18.0. The van der Waals surface area contributed by atoms with E-state index >= 15 is 0 Å². The van der Waals surface area contributed by atoms with Gasteiger partial charge in [-0.25, -0.2) is 9.87 Å². The zero-order valence-corrected chi connectivity index (χ0v) is 14.0. The molecule has 128 valence electrons. The highest BCUT2D eigenvalue weighted by atomic mass is 32.2. The first-order valence-corrected chi connectivity index (χ1v) is 7.94. The van der Waals surface area contributed by atoms with Crippen LogP contribution in [0.5, 0.6) is 0 Å². The van der Waals surface area contributed by atoms with Gasteiger partial charge in [-0.1, -0.05) is 0 Å². The summed E-state index contributed by atoms with van der Waals surface area (Å²) in [6, 6.07) is 4.29. The molecule has 1 heterocycles. The summed E-state index contributed by atoms with van der Waals surface area (Å²) in [5.41, 5.74) is 0.391. The second kappa shape index (κ2) is 7.45. The zero-order valence-electron chi connectivity index (χ0n) is 13.1. The monoisotopic (exact) mass is 355 g/mol. The minimum atomic E-state index is -1.20. The number of amides is 1. The van der Waals surface area contributed by atoms with Crippen LogP contribution in [0.4, 0.5) is 20.2 Å². The van der Waals surface area contributed by atoms with Crippen molar-refractivity contribution in [2.45, 2.75) is 4.90 Å². The van der Waals surface area contributed by atoms with Gasteiger partial charge in [0.2, 0.25) is 5.82 Å². The van der Waals surface area contributed by atoms with E-state index in [1.165, 1.54) is 38.1 Å². The van der Waals surface area contributed by atoms with Gasteiger partial charge in [0.15, 0.2) is 0 Å². The molecule has 0 aliphatic heterocycles. The van der Waals surface area contributed by atoms with E-state index in [4.69, 9.17) is 0 Å². The van der Waals surface area contributed by atoms with E-state index in [-0.39, 0.29) is 11.3 Å². The van der Waals surface area contributed by atoms with Gasteiger partial charge in [0.05, 0.1) is 24.0 Å². The molecule has 2 aromatic rings. The SMILES string of the molecule is CONC(=O)c1cn(C)c(=O)c(F)c1Nc1ccc(SC)cc1F. The van der Waals surface area contributed by atoms with Crippen LogP contribution in [-0.4, -0.2) is 23.8 Å². The number of thioether (sulfide) groups is 1. The van der Waals surface area contributed by atoms with Gasteiger partial charge in [0.25, 0.3) is 11.5 Å². The van der Waals surface area contributed by atoms with Crippen molar-refractivity contribution >= 4 is 29.0 Å². The smallest absolute Gasteiger partial charge is 0.288 e. The molecule has 0 aliphatic rings. The number of rotatable bonds is 5. The molecule has 0 atom stereocenters. The predicted octanol–water partition coefficient (Wildman–Crippen LogP) is 2.42. The van der Waals surface area contributed by atoms with E-state index in [0.29, 0.717) is 4.90 Å². The topological polar surface area (TPSA) is 72.4 Å². The fraction of sp³-hybridized carbons (Fsp3) is 0.200. The highest BCUT2D eigenvalue weighted by molar-refractivity contribution is 7.98. The summed E-state index contributed by atoms with van der Waals surface area (Å²) in [6.45, 7) is 0. The average Bonchev–Trinajstić information content (AvgIpc) is 2.56. The fourth-order valence-corrected chi connectivity index (χ4v) is 2.42. The third kappa shape index (κ3) is 3.57. The minimum absolute atomic E-state index is 0.0635. The average molecular weight is 355 g/mol.